The molecule has 2 aromatic rings. The van der Waals surface area contributed by atoms with Crippen LogP contribution >= 0.6 is 0 Å². The highest BCUT2D eigenvalue weighted by Crippen LogP contribution is 2.40. The summed E-state index contributed by atoms with van der Waals surface area (Å²) in [5, 5.41) is 0. The molecule has 2 rings (SSSR count). The maximum atomic E-state index is 13.0. The lowest BCUT2D eigenvalue weighted by Crippen LogP contribution is -2.19. The minimum atomic E-state index is -3.87. The highest BCUT2D eigenvalue weighted by molar-refractivity contribution is 7.86. The van der Waals surface area contributed by atoms with E-state index in [9.17, 15) is 13.2 Å². The van der Waals surface area contributed by atoms with Gasteiger partial charge in [0.05, 0.1) is 43.0 Å². The molecular weight excluding hydrogens is 544 g/mol. The number of hydrogen-bond donors (Lipinski definition) is 0. The van der Waals surface area contributed by atoms with E-state index in [1.165, 1.54) is 0 Å². The van der Waals surface area contributed by atoms with Gasteiger partial charge in [-0.25, -0.2) is 4.79 Å². The van der Waals surface area contributed by atoms with E-state index in [0.717, 1.165) is 44.1 Å². The van der Waals surface area contributed by atoms with Gasteiger partial charge in [-0.2, -0.15) is 8.42 Å². The summed E-state index contributed by atoms with van der Waals surface area (Å²) in [5.41, 5.74) is 1.28. The Morgan fingerprint density at radius 2 is 1.29 bits per heavy atom. The number of esters is 1. The first kappa shape index (κ1) is 34.4. The van der Waals surface area contributed by atoms with Crippen LogP contribution in [0.2, 0.25) is 0 Å². The number of aryl methyl sites for hydroxylation is 1. The molecule has 0 aromatic heterocycles. The summed E-state index contributed by atoms with van der Waals surface area (Å²) in [7, 11) is -3.87. The number of unbranched alkanes of at least 4 members (excludes halogenated alkanes) is 3. The molecule has 0 saturated heterocycles. The van der Waals surface area contributed by atoms with Gasteiger partial charge in [-0.1, -0.05) is 64.7 Å². The molecule has 0 radical (unpaired) electrons. The molecule has 0 amide bonds. The summed E-state index contributed by atoms with van der Waals surface area (Å²) in [6, 6.07) is 9.86. The molecule has 0 heterocycles. The van der Waals surface area contributed by atoms with Crippen molar-refractivity contribution in [3.63, 3.8) is 0 Å². The second-order valence-electron chi connectivity index (χ2n) is 10.1. The van der Waals surface area contributed by atoms with Crippen LogP contribution in [0.3, 0.4) is 0 Å². The number of ether oxygens (including phenoxy) is 4. The maximum Gasteiger partial charge on any atom is 0.338 e. The summed E-state index contributed by atoms with van der Waals surface area (Å²) >= 11 is 0. The molecule has 0 N–H and O–H groups in total. The van der Waals surface area contributed by atoms with Crippen LogP contribution in [0.1, 0.15) is 101 Å². The molecule has 2 aromatic carbocycles. The van der Waals surface area contributed by atoms with Gasteiger partial charge in [-0.05, 0) is 69.7 Å². The summed E-state index contributed by atoms with van der Waals surface area (Å²) in [5.74, 6) is 0.944. The molecule has 0 aliphatic carbocycles. The summed E-state index contributed by atoms with van der Waals surface area (Å²) < 4.78 is 54.4. The molecule has 8 nitrogen and oxygen atoms in total. The molecule has 0 saturated carbocycles. The smallest absolute Gasteiger partial charge is 0.338 e. The van der Waals surface area contributed by atoms with Crippen LogP contribution < -0.4 is 14.2 Å². The monoisotopic (exact) mass is 592 g/mol. The van der Waals surface area contributed by atoms with E-state index < -0.39 is 22.2 Å². The lowest BCUT2D eigenvalue weighted by atomic mass is 10.1. The van der Waals surface area contributed by atoms with E-state index in [0.29, 0.717) is 61.9 Å². The van der Waals surface area contributed by atoms with Crippen LogP contribution in [0, 0.1) is 6.92 Å². The molecular formula is C32H48O8S. The summed E-state index contributed by atoms with van der Waals surface area (Å²) in [4.78, 5) is 13.2. The fourth-order valence-corrected chi connectivity index (χ4v) is 5.01. The second kappa shape index (κ2) is 18.6. The van der Waals surface area contributed by atoms with Crippen LogP contribution in [0.25, 0.3) is 0 Å². The van der Waals surface area contributed by atoms with E-state index in [4.69, 9.17) is 23.1 Å². The van der Waals surface area contributed by atoms with Gasteiger partial charge >= 0.3 is 5.97 Å². The first-order valence-corrected chi connectivity index (χ1v) is 16.4. The van der Waals surface area contributed by atoms with Crippen molar-refractivity contribution in [1.29, 1.82) is 0 Å². The normalized spacial score (nSPS) is 12.1. The van der Waals surface area contributed by atoms with Crippen LogP contribution in [0.5, 0.6) is 17.2 Å². The molecule has 9 heteroatoms. The molecule has 0 aliphatic heterocycles. The molecule has 0 bridgehead atoms. The van der Waals surface area contributed by atoms with E-state index in [2.05, 4.69) is 20.8 Å². The molecule has 0 fully saturated rings. The van der Waals surface area contributed by atoms with Crippen LogP contribution in [0.15, 0.2) is 41.3 Å². The predicted molar refractivity (Wildman–Crippen MR) is 161 cm³/mol. The van der Waals surface area contributed by atoms with Crippen molar-refractivity contribution < 1.29 is 36.3 Å². The van der Waals surface area contributed by atoms with Crippen molar-refractivity contribution >= 4 is 16.1 Å². The number of carbonyl (C=O) groups excluding carboxylic acids is 1. The van der Waals surface area contributed by atoms with Gasteiger partial charge in [0.2, 0.25) is 5.75 Å². The number of benzene rings is 2. The standard InChI is InChI=1S/C32H48O8S/c1-6-10-19-36-29-23-26(24-30(37-20-11-7-2)31(29)38-21-12-8-3)32(33)39-22-13-14-27(9-4)40-41(34,35)28-17-15-25(5)16-18-28/h15-18,23-24,27H,6-14,19-22H2,1-5H3. The van der Waals surface area contributed by atoms with Gasteiger partial charge in [-0.15, -0.1) is 0 Å². The predicted octanol–water partition coefficient (Wildman–Crippen LogP) is 7.65. The Kier molecular flexibility index (Phi) is 15.6. The third-order valence-electron chi connectivity index (χ3n) is 6.44. The first-order valence-electron chi connectivity index (χ1n) is 15.0. The first-order chi connectivity index (χ1) is 19.7. The molecule has 1 atom stereocenters. The van der Waals surface area contributed by atoms with Gasteiger partial charge in [0, 0.05) is 0 Å². The average molecular weight is 593 g/mol. The largest absolute Gasteiger partial charge is 0.490 e. The Hall–Kier alpha value is -2.78. The van der Waals surface area contributed by atoms with Gasteiger partial charge in [0.1, 0.15) is 0 Å². The third kappa shape index (κ3) is 11.9. The fraction of sp³-hybridized carbons (Fsp3) is 0.594. The Morgan fingerprint density at radius 1 is 0.756 bits per heavy atom. The van der Waals surface area contributed by atoms with Crippen molar-refractivity contribution in [2.45, 2.75) is 103 Å². The minimum Gasteiger partial charge on any atom is -0.490 e. The van der Waals surface area contributed by atoms with E-state index in [-0.39, 0.29) is 11.5 Å². The zero-order valence-corrected chi connectivity index (χ0v) is 26.2. The highest BCUT2D eigenvalue weighted by atomic mass is 32.2. The van der Waals surface area contributed by atoms with Crippen LogP contribution in [0.4, 0.5) is 0 Å². The quantitative estimate of drug-likeness (QED) is 0.0828. The maximum absolute atomic E-state index is 13.0. The molecule has 1 unspecified atom stereocenters. The molecule has 230 valence electrons. The number of rotatable bonds is 21. The lowest BCUT2D eigenvalue weighted by molar-refractivity contribution is 0.0481. The SMILES string of the molecule is CCCCOc1cc(C(=O)OCCCC(CC)OS(=O)(=O)c2ccc(C)cc2)cc(OCCCC)c1OCCCC. The third-order valence-corrected chi connectivity index (χ3v) is 7.82. The van der Waals surface area contributed by atoms with Gasteiger partial charge in [-0.3, -0.25) is 4.18 Å². The van der Waals surface area contributed by atoms with Crippen LogP contribution in [-0.2, 0) is 19.0 Å². The number of carbonyl (C=O) groups is 1. The molecule has 41 heavy (non-hydrogen) atoms. The topological polar surface area (TPSA) is 97.4 Å². The minimum absolute atomic E-state index is 0.121. The Morgan fingerprint density at radius 3 is 1.80 bits per heavy atom. The molecule has 0 aliphatic rings. The summed E-state index contributed by atoms with van der Waals surface area (Å²) in [6.07, 6.45) is 6.44. The lowest BCUT2D eigenvalue weighted by Gasteiger charge is -2.19. The van der Waals surface area contributed by atoms with Gasteiger partial charge in [0.25, 0.3) is 10.1 Å². The zero-order chi connectivity index (χ0) is 30.1. The van der Waals surface area contributed by atoms with Crippen LogP contribution in [-0.4, -0.2) is 46.9 Å². The van der Waals surface area contributed by atoms with E-state index >= 15 is 0 Å². The highest BCUT2D eigenvalue weighted by Gasteiger charge is 2.22. The van der Waals surface area contributed by atoms with Crippen molar-refractivity contribution in [2.24, 2.45) is 0 Å². The average Bonchev–Trinajstić information content (AvgIpc) is 2.95. The number of hydrogen-bond acceptors (Lipinski definition) is 8. The van der Waals surface area contributed by atoms with Gasteiger partial charge < -0.3 is 18.9 Å². The van der Waals surface area contributed by atoms with Crippen molar-refractivity contribution in [1.82, 2.24) is 0 Å². The summed E-state index contributed by atoms with van der Waals surface area (Å²) in [6.45, 7) is 11.7. The molecule has 0 spiro atoms. The fourth-order valence-electron chi connectivity index (χ4n) is 3.84. The van der Waals surface area contributed by atoms with Crippen molar-refractivity contribution in [2.75, 3.05) is 26.4 Å². The zero-order valence-electron chi connectivity index (χ0n) is 25.4. The van der Waals surface area contributed by atoms with Gasteiger partial charge in [0.15, 0.2) is 11.5 Å². The Labute approximate surface area is 246 Å². The van der Waals surface area contributed by atoms with Crippen molar-refractivity contribution in [3.05, 3.63) is 47.5 Å². The van der Waals surface area contributed by atoms with E-state index in [1.54, 1.807) is 36.4 Å². The second-order valence-corrected chi connectivity index (χ2v) is 11.7. The Balaban J connectivity index is 2.07. The van der Waals surface area contributed by atoms with Crippen molar-refractivity contribution in [3.8, 4) is 17.2 Å². The Bertz CT molecular complexity index is 1110. The van der Waals surface area contributed by atoms with E-state index in [1.807, 2.05) is 13.8 Å².